The SMILES string of the molecule is Cc1cc(C(=O)N[C@@H](CCCO)C(=O)N2CCS(=O)(=O)CC2)ccc1-c1ncccn1. The average Bonchev–Trinajstić information content (AvgIpc) is 2.76. The first-order valence-corrected chi connectivity index (χ1v) is 11.9. The number of aryl methyl sites for hydroxylation is 1. The van der Waals surface area contributed by atoms with Gasteiger partial charge in [0.05, 0.1) is 11.5 Å². The number of carbonyl (C=O) groups is 2. The first kappa shape index (κ1) is 22.8. The van der Waals surface area contributed by atoms with Gasteiger partial charge in [0.25, 0.3) is 5.91 Å². The Kier molecular flexibility index (Phi) is 7.34. The standard InChI is InChI=1S/C21H26N4O5S/c1-15-14-16(5-6-17(15)19-22-7-3-8-23-19)20(27)24-18(4-2-11-26)21(28)25-9-12-31(29,30)13-10-25/h3,5-8,14,18,26H,2,4,9-13H2,1H3,(H,24,27)/t18-/m0/s1. The number of sulfone groups is 1. The van der Waals surface area contributed by atoms with Crippen LogP contribution in [0.4, 0.5) is 0 Å². The molecule has 166 valence electrons. The zero-order valence-corrected chi connectivity index (χ0v) is 18.1. The minimum absolute atomic E-state index is 0.0817. The molecule has 0 aliphatic carbocycles. The van der Waals surface area contributed by atoms with Gasteiger partial charge in [0.2, 0.25) is 5.91 Å². The highest BCUT2D eigenvalue weighted by Crippen LogP contribution is 2.20. The number of hydrogen-bond acceptors (Lipinski definition) is 7. The van der Waals surface area contributed by atoms with Crippen LogP contribution < -0.4 is 5.32 Å². The summed E-state index contributed by atoms with van der Waals surface area (Å²) in [7, 11) is -3.12. The Labute approximate surface area is 181 Å². The van der Waals surface area contributed by atoms with Gasteiger partial charge < -0.3 is 15.3 Å². The van der Waals surface area contributed by atoms with Crippen molar-refractivity contribution in [3.8, 4) is 11.4 Å². The van der Waals surface area contributed by atoms with E-state index in [0.717, 1.165) is 11.1 Å². The third kappa shape index (κ3) is 5.86. The topological polar surface area (TPSA) is 130 Å². The van der Waals surface area contributed by atoms with E-state index in [0.29, 0.717) is 17.8 Å². The Balaban J connectivity index is 1.73. The van der Waals surface area contributed by atoms with Crippen LogP contribution in [0.3, 0.4) is 0 Å². The molecule has 1 fully saturated rings. The van der Waals surface area contributed by atoms with E-state index in [4.69, 9.17) is 0 Å². The highest BCUT2D eigenvalue weighted by Gasteiger charge is 2.30. The van der Waals surface area contributed by atoms with Gasteiger partial charge in [0.15, 0.2) is 15.7 Å². The van der Waals surface area contributed by atoms with Gasteiger partial charge in [0.1, 0.15) is 6.04 Å². The molecule has 1 aliphatic heterocycles. The molecule has 2 heterocycles. The highest BCUT2D eigenvalue weighted by molar-refractivity contribution is 7.91. The number of aliphatic hydroxyl groups excluding tert-OH is 1. The van der Waals surface area contributed by atoms with Gasteiger partial charge in [-0.1, -0.05) is 6.07 Å². The average molecular weight is 447 g/mol. The van der Waals surface area contributed by atoms with Crippen LogP contribution in [0.15, 0.2) is 36.7 Å². The van der Waals surface area contributed by atoms with Crippen molar-refractivity contribution in [2.45, 2.75) is 25.8 Å². The van der Waals surface area contributed by atoms with Gasteiger partial charge in [-0.2, -0.15) is 0 Å². The molecule has 0 spiro atoms. The van der Waals surface area contributed by atoms with Crippen molar-refractivity contribution in [3.05, 3.63) is 47.8 Å². The number of rotatable bonds is 7. The third-order valence-electron chi connectivity index (χ3n) is 5.21. The summed E-state index contributed by atoms with van der Waals surface area (Å²) >= 11 is 0. The van der Waals surface area contributed by atoms with Crippen molar-refractivity contribution in [1.82, 2.24) is 20.2 Å². The fraction of sp³-hybridized carbons (Fsp3) is 0.429. The summed E-state index contributed by atoms with van der Waals surface area (Å²) in [5.74, 6) is -0.348. The Morgan fingerprint density at radius 3 is 2.48 bits per heavy atom. The van der Waals surface area contributed by atoms with E-state index in [-0.39, 0.29) is 43.5 Å². The maximum Gasteiger partial charge on any atom is 0.251 e. The Hall–Kier alpha value is -2.85. The van der Waals surface area contributed by atoms with Gasteiger partial charge in [-0.05, 0) is 43.5 Å². The number of benzene rings is 1. The van der Waals surface area contributed by atoms with Crippen LogP contribution in [-0.4, -0.2) is 77.5 Å². The first-order chi connectivity index (χ1) is 14.8. The number of aromatic nitrogens is 2. The summed E-state index contributed by atoms with van der Waals surface area (Å²) < 4.78 is 23.3. The van der Waals surface area contributed by atoms with Crippen LogP contribution in [0.25, 0.3) is 11.4 Å². The van der Waals surface area contributed by atoms with Gasteiger partial charge in [-0.15, -0.1) is 0 Å². The van der Waals surface area contributed by atoms with Crippen molar-refractivity contribution < 1.29 is 23.1 Å². The molecule has 0 saturated carbocycles. The summed E-state index contributed by atoms with van der Waals surface area (Å²) in [4.78, 5) is 35.7. The molecule has 9 nitrogen and oxygen atoms in total. The lowest BCUT2D eigenvalue weighted by molar-refractivity contribution is -0.133. The second kappa shape index (κ2) is 9.97. The largest absolute Gasteiger partial charge is 0.396 e. The lowest BCUT2D eigenvalue weighted by atomic mass is 10.0. The van der Waals surface area contributed by atoms with Crippen molar-refractivity contribution in [2.75, 3.05) is 31.2 Å². The zero-order valence-electron chi connectivity index (χ0n) is 17.3. The van der Waals surface area contributed by atoms with E-state index in [9.17, 15) is 23.1 Å². The quantitative estimate of drug-likeness (QED) is 0.636. The number of hydrogen-bond donors (Lipinski definition) is 2. The fourth-order valence-electron chi connectivity index (χ4n) is 3.44. The molecule has 1 aromatic carbocycles. The van der Waals surface area contributed by atoms with E-state index in [1.807, 2.05) is 6.92 Å². The second-order valence-electron chi connectivity index (χ2n) is 7.47. The Bertz CT molecular complexity index is 1030. The van der Waals surface area contributed by atoms with E-state index in [2.05, 4.69) is 15.3 Å². The highest BCUT2D eigenvalue weighted by atomic mass is 32.2. The first-order valence-electron chi connectivity index (χ1n) is 10.1. The summed E-state index contributed by atoms with van der Waals surface area (Å²) in [6.45, 7) is 1.96. The maximum atomic E-state index is 12.9. The molecule has 3 rings (SSSR count). The van der Waals surface area contributed by atoms with Gasteiger partial charge in [0, 0.05) is 43.2 Å². The lowest BCUT2D eigenvalue weighted by Crippen LogP contribution is -2.52. The number of carbonyl (C=O) groups excluding carboxylic acids is 2. The molecule has 0 radical (unpaired) electrons. The summed E-state index contributed by atoms with van der Waals surface area (Å²) in [5, 5.41) is 11.9. The molecule has 0 bridgehead atoms. The maximum absolute atomic E-state index is 12.9. The molecule has 1 atom stereocenters. The van der Waals surface area contributed by atoms with Crippen LogP contribution in [0.2, 0.25) is 0 Å². The van der Waals surface area contributed by atoms with Gasteiger partial charge in [-0.25, -0.2) is 18.4 Å². The van der Waals surface area contributed by atoms with Crippen LogP contribution in [0, 0.1) is 6.92 Å². The Morgan fingerprint density at radius 2 is 1.87 bits per heavy atom. The molecule has 1 saturated heterocycles. The molecule has 1 aromatic heterocycles. The van der Waals surface area contributed by atoms with E-state index >= 15 is 0 Å². The molecular weight excluding hydrogens is 420 g/mol. The molecule has 1 aliphatic rings. The number of aliphatic hydroxyl groups is 1. The smallest absolute Gasteiger partial charge is 0.251 e. The molecule has 31 heavy (non-hydrogen) atoms. The number of nitrogens with zero attached hydrogens (tertiary/aromatic N) is 3. The van der Waals surface area contributed by atoms with Crippen molar-refractivity contribution in [3.63, 3.8) is 0 Å². The zero-order chi connectivity index (χ0) is 22.4. The van der Waals surface area contributed by atoms with Crippen LogP contribution in [-0.2, 0) is 14.6 Å². The van der Waals surface area contributed by atoms with Crippen LogP contribution in [0.5, 0.6) is 0 Å². The molecule has 2 N–H and O–H groups in total. The molecule has 2 amide bonds. The van der Waals surface area contributed by atoms with E-state index < -0.39 is 21.8 Å². The van der Waals surface area contributed by atoms with Gasteiger partial charge in [-0.3, -0.25) is 9.59 Å². The van der Waals surface area contributed by atoms with E-state index in [1.54, 1.807) is 36.7 Å². The summed E-state index contributed by atoms with van der Waals surface area (Å²) in [6.07, 6.45) is 3.89. The minimum Gasteiger partial charge on any atom is -0.396 e. The molecule has 2 aromatic rings. The lowest BCUT2D eigenvalue weighted by Gasteiger charge is -2.30. The van der Waals surface area contributed by atoms with Crippen LogP contribution >= 0.6 is 0 Å². The number of amides is 2. The predicted molar refractivity (Wildman–Crippen MR) is 115 cm³/mol. The monoisotopic (exact) mass is 446 g/mol. The predicted octanol–water partition coefficient (Wildman–Crippen LogP) is 0.580. The fourth-order valence-corrected chi connectivity index (χ4v) is 4.64. The van der Waals surface area contributed by atoms with Crippen molar-refractivity contribution >= 4 is 21.7 Å². The molecular formula is C21H26N4O5S. The van der Waals surface area contributed by atoms with Gasteiger partial charge >= 0.3 is 0 Å². The second-order valence-corrected chi connectivity index (χ2v) is 9.77. The summed E-state index contributed by atoms with van der Waals surface area (Å²) in [6, 6.07) is 6.01. The van der Waals surface area contributed by atoms with E-state index in [1.165, 1.54) is 4.90 Å². The van der Waals surface area contributed by atoms with Crippen molar-refractivity contribution in [2.24, 2.45) is 0 Å². The molecule has 0 unspecified atom stereocenters. The minimum atomic E-state index is -3.12. The Morgan fingerprint density at radius 1 is 1.19 bits per heavy atom. The third-order valence-corrected chi connectivity index (χ3v) is 6.81. The summed E-state index contributed by atoms with van der Waals surface area (Å²) in [5.41, 5.74) is 2.01. The van der Waals surface area contributed by atoms with Crippen molar-refractivity contribution in [1.29, 1.82) is 0 Å². The number of nitrogens with one attached hydrogen (secondary N) is 1. The normalized spacial score (nSPS) is 16.5. The van der Waals surface area contributed by atoms with Crippen LogP contribution in [0.1, 0.15) is 28.8 Å². The molecule has 10 heteroatoms.